The number of anilines is 1. The molecule has 0 radical (unpaired) electrons. The van der Waals surface area contributed by atoms with E-state index in [2.05, 4.69) is 20.9 Å². The molecule has 0 aliphatic rings. The Morgan fingerprint density at radius 1 is 1.32 bits per heavy atom. The van der Waals surface area contributed by atoms with Crippen LogP contribution in [0, 0.1) is 13.8 Å². The van der Waals surface area contributed by atoms with Crippen molar-refractivity contribution in [3.05, 3.63) is 41.2 Å². The van der Waals surface area contributed by atoms with Gasteiger partial charge < -0.3 is 10.6 Å². The maximum absolute atomic E-state index is 12.3. The van der Waals surface area contributed by atoms with Crippen LogP contribution in [0.3, 0.4) is 0 Å². The van der Waals surface area contributed by atoms with E-state index in [1.807, 2.05) is 52.2 Å². The number of nitrogens with one attached hydrogen (secondary N) is 2. The van der Waals surface area contributed by atoms with Gasteiger partial charge in [-0.25, -0.2) is 4.68 Å². The fourth-order valence-electron chi connectivity index (χ4n) is 2.06. The number of nitrogens with zero attached hydrogens (tertiary/aromatic N) is 3. The van der Waals surface area contributed by atoms with Gasteiger partial charge in [0.1, 0.15) is 6.04 Å². The second kappa shape index (κ2) is 7.17. The molecule has 1 atom stereocenters. The lowest BCUT2D eigenvalue weighted by atomic mass is 10.1. The van der Waals surface area contributed by atoms with Crippen LogP contribution in [0.15, 0.2) is 24.4 Å². The first-order chi connectivity index (χ1) is 10.5. The Balaban J connectivity index is 2.02. The topological polar surface area (TPSA) is 71.8 Å². The molecule has 22 heavy (non-hydrogen) atoms. The highest BCUT2D eigenvalue weighted by molar-refractivity contribution is 5.93. The van der Waals surface area contributed by atoms with E-state index >= 15 is 0 Å². The number of rotatable bonds is 6. The summed E-state index contributed by atoms with van der Waals surface area (Å²) in [6.07, 6.45) is 2.62. The van der Waals surface area contributed by atoms with Crippen molar-refractivity contribution in [3.63, 3.8) is 0 Å². The maximum atomic E-state index is 12.3. The summed E-state index contributed by atoms with van der Waals surface area (Å²) in [5.41, 5.74) is 4.03. The predicted molar refractivity (Wildman–Crippen MR) is 86.9 cm³/mol. The number of benzene rings is 1. The molecule has 0 aliphatic heterocycles. The summed E-state index contributed by atoms with van der Waals surface area (Å²) in [5.74, 6) is -0.103. The van der Waals surface area contributed by atoms with Crippen LogP contribution in [0.2, 0.25) is 0 Å². The quantitative estimate of drug-likeness (QED) is 0.854. The number of amides is 1. The number of aryl methyl sites for hydroxylation is 2. The molecule has 1 amide bonds. The van der Waals surface area contributed by atoms with E-state index < -0.39 is 6.04 Å². The van der Waals surface area contributed by atoms with Crippen LogP contribution in [-0.2, 0) is 11.2 Å². The first kappa shape index (κ1) is 16.2. The normalized spacial score (nSPS) is 12.2. The highest BCUT2D eigenvalue weighted by Gasteiger charge is 2.17. The molecule has 2 rings (SSSR count). The first-order valence-electron chi connectivity index (χ1n) is 7.44. The molecule has 0 aliphatic carbocycles. The highest BCUT2D eigenvalue weighted by atomic mass is 16.2. The Hall–Kier alpha value is -2.21. The lowest BCUT2D eigenvalue weighted by Crippen LogP contribution is -2.24. The summed E-state index contributed by atoms with van der Waals surface area (Å²) >= 11 is 0. The summed E-state index contributed by atoms with van der Waals surface area (Å²) in [5, 5.41) is 14.1. The van der Waals surface area contributed by atoms with Gasteiger partial charge in [0.25, 0.3) is 0 Å². The second-order valence-electron chi connectivity index (χ2n) is 5.51. The third kappa shape index (κ3) is 3.92. The van der Waals surface area contributed by atoms with Gasteiger partial charge in [-0.1, -0.05) is 11.3 Å². The minimum atomic E-state index is -0.405. The Morgan fingerprint density at radius 2 is 2.09 bits per heavy atom. The van der Waals surface area contributed by atoms with E-state index in [0.717, 1.165) is 29.9 Å². The largest absolute Gasteiger partial charge is 0.324 e. The highest BCUT2D eigenvalue weighted by Crippen LogP contribution is 2.16. The maximum Gasteiger partial charge on any atom is 0.249 e. The molecule has 1 unspecified atom stereocenters. The molecule has 118 valence electrons. The Kier molecular flexibility index (Phi) is 5.27. The van der Waals surface area contributed by atoms with Gasteiger partial charge in [-0.2, -0.15) is 0 Å². The zero-order valence-electron chi connectivity index (χ0n) is 13.6. The van der Waals surface area contributed by atoms with E-state index in [9.17, 15) is 4.79 Å². The van der Waals surface area contributed by atoms with Crippen molar-refractivity contribution in [1.29, 1.82) is 0 Å². The molecule has 1 heterocycles. The molecule has 2 aromatic rings. The fraction of sp³-hybridized carbons (Fsp3) is 0.438. The van der Waals surface area contributed by atoms with E-state index in [-0.39, 0.29) is 5.91 Å². The molecule has 0 fully saturated rings. The summed E-state index contributed by atoms with van der Waals surface area (Å²) in [6.45, 7) is 6.72. The molecule has 0 saturated carbocycles. The summed E-state index contributed by atoms with van der Waals surface area (Å²) in [7, 11) is 1.89. The third-order valence-corrected chi connectivity index (χ3v) is 3.74. The van der Waals surface area contributed by atoms with Crippen LogP contribution < -0.4 is 10.6 Å². The van der Waals surface area contributed by atoms with E-state index in [1.54, 1.807) is 4.68 Å². The number of aromatic nitrogens is 3. The lowest BCUT2D eigenvalue weighted by molar-refractivity contribution is -0.119. The lowest BCUT2D eigenvalue weighted by Gasteiger charge is -2.13. The molecule has 6 nitrogen and oxygen atoms in total. The fourth-order valence-corrected chi connectivity index (χ4v) is 2.06. The molecule has 0 spiro atoms. The number of carbonyl (C=O) groups excluding carboxylic acids is 1. The van der Waals surface area contributed by atoms with Gasteiger partial charge in [0.15, 0.2) is 0 Å². The average molecular weight is 301 g/mol. The standard InChI is InChI=1S/C16H23N5O/c1-11-5-6-14(9-12(11)2)18-16(22)13(3)21-10-15(19-20-21)7-8-17-4/h5-6,9-10,13,17H,7-8H2,1-4H3,(H,18,22). The Labute approximate surface area is 130 Å². The SMILES string of the molecule is CNCCc1cn(C(C)C(=O)Nc2ccc(C)c(C)c2)nn1. The molecule has 0 saturated heterocycles. The minimum Gasteiger partial charge on any atom is -0.324 e. The van der Waals surface area contributed by atoms with Crippen LogP contribution in [0.25, 0.3) is 0 Å². The summed E-state index contributed by atoms with van der Waals surface area (Å²) in [6, 6.07) is 5.48. The first-order valence-corrected chi connectivity index (χ1v) is 7.44. The van der Waals surface area contributed by atoms with Gasteiger partial charge in [-0.05, 0) is 51.1 Å². The summed E-state index contributed by atoms with van der Waals surface area (Å²) in [4.78, 5) is 12.3. The number of hydrogen-bond acceptors (Lipinski definition) is 4. The Bertz CT molecular complexity index is 650. The Morgan fingerprint density at radius 3 is 2.77 bits per heavy atom. The molecule has 6 heteroatoms. The van der Waals surface area contributed by atoms with Crippen molar-refractivity contribution in [2.75, 3.05) is 18.9 Å². The van der Waals surface area contributed by atoms with E-state index in [1.165, 1.54) is 5.56 Å². The van der Waals surface area contributed by atoms with Crippen LogP contribution in [-0.4, -0.2) is 34.5 Å². The van der Waals surface area contributed by atoms with Gasteiger partial charge in [0.2, 0.25) is 5.91 Å². The van der Waals surface area contributed by atoms with Gasteiger partial charge >= 0.3 is 0 Å². The van der Waals surface area contributed by atoms with E-state index in [0.29, 0.717) is 0 Å². The number of carbonyl (C=O) groups is 1. The predicted octanol–water partition coefficient (Wildman–Crippen LogP) is 1.86. The van der Waals surface area contributed by atoms with Gasteiger partial charge in [0, 0.05) is 24.8 Å². The van der Waals surface area contributed by atoms with Crippen molar-refractivity contribution in [3.8, 4) is 0 Å². The van der Waals surface area contributed by atoms with Crippen molar-refractivity contribution in [1.82, 2.24) is 20.3 Å². The van der Waals surface area contributed by atoms with Crippen molar-refractivity contribution in [2.24, 2.45) is 0 Å². The second-order valence-corrected chi connectivity index (χ2v) is 5.51. The van der Waals surface area contributed by atoms with Gasteiger partial charge in [0.05, 0.1) is 5.69 Å². The minimum absolute atomic E-state index is 0.103. The van der Waals surface area contributed by atoms with Crippen LogP contribution in [0.1, 0.15) is 29.8 Å². The monoisotopic (exact) mass is 301 g/mol. The molecule has 1 aromatic carbocycles. The molecule has 2 N–H and O–H groups in total. The smallest absolute Gasteiger partial charge is 0.249 e. The molecular weight excluding hydrogens is 278 g/mol. The van der Waals surface area contributed by atoms with Crippen molar-refractivity contribution in [2.45, 2.75) is 33.2 Å². The average Bonchev–Trinajstić information content (AvgIpc) is 2.97. The van der Waals surface area contributed by atoms with Crippen molar-refractivity contribution >= 4 is 11.6 Å². The zero-order valence-corrected chi connectivity index (χ0v) is 13.6. The third-order valence-electron chi connectivity index (χ3n) is 3.74. The van der Waals surface area contributed by atoms with E-state index in [4.69, 9.17) is 0 Å². The van der Waals surface area contributed by atoms with Crippen LogP contribution >= 0.6 is 0 Å². The van der Waals surface area contributed by atoms with Gasteiger partial charge in [-0.15, -0.1) is 5.10 Å². The molecule has 1 aromatic heterocycles. The van der Waals surface area contributed by atoms with Crippen LogP contribution in [0.5, 0.6) is 0 Å². The van der Waals surface area contributed by atoms with Crippen molar-refractivity contribution < 1.29 is 4.79 Å². The molecular formula is C16H23N5O. The van der Waals surface area contributed by atoms with Crippen LogP contribution in [0.4, 0.5) is 5.69 Å². The number of hydrogen-bond donors (Lipinski definition) is 2. The zero-order chi connectivity index (χ0) is 16.1. The van der Waals surface area contributed by atoms with Gasteiger partial charge in [-0.3, -0.25) is 4.79 Å². The number of likely N-dealkylation sites (N-methyl/N-ethyl adjacent to an activating group) is 1. The molecule has 0 bridgehead atoms. The summed E-state index contributed by atoms with van der Waals surface area (Å²) < 4.78 is 1.60.